The predicted octanol–water partition coefficient (Wildman–Crippen LogP) is 2.36. The van der Waals surface area contributed by atoms with Crippen LogP contribution in [-0.2, 0) is 0 Å². The molecule has 0 bridgehead atoms. The van der Waals surface area contributed by atoms with E-state index < -0.39 is 23.5 Å². The van der Waals surface area contributed by atoms with E-state index in [-0.39, 0.29) is 16.8 Å². The maximum Gasteiger partial charge on any atom is 0.146 e. The number of aromatic nitrogens is 1. The quantitative estimate of drug-likeness (QED) is 0.663. The van der Waals surface area contributed by atoms with Crippen LogP contribution in [-0.4, -0.2) is 4.98 Å². The molecule has 0 aliphatic heterocycles. The first kappa shape index (κ1) is 13.5. The molecule has 6 heteroatoms. The minimum atomic E-state index is -1.19. The number of hydrogen-bond acceptors (Lipinski definition) is 3. The second kappa shape index (κ2) is 5.38. The molecular weight excluding hydrogens is 255 g/mol. The standard InChI is InChI=1S/C13H12F3N3/c1-7-4-5-8(14)10(11(7)16)13(19-17)12-9(15)3-2-6-18-12/h2-6,13,19H,17H2,1H3. The van der Waals surface area contributed by atoms with E-state index >= 15 is 0 Å². The van der Waals surface area contributed by atoms with Crippen LogP contribution in [0.4, 0.5) is 13.2 Å². The summed E-state index contributed by atoms with van der Waals surface area (Å²) < 4.78 is 41.5. The molecule has 0 spiro atoms. The minimum Gasteiger partial charge on any atom is -0.271 e. The molecule has 0 fully saturated rings. The summed E-state index contributed by atoms with van der Waals surface area (Å²) in [4.78, 5) is 3.79. The molecular formula is C13H12F3N3. The molecule has 2 rings (SSSR count). The van der Waals surface area contributed by atoms with Gasteiger partial charge < -0.3 is 0 Å². The van der Waals surface area contributed by atoms with Crippen molar-refractivity contribution in [2.75, 3.05) is 0 Å². The number of hydrazine groups is 1. The van der Waals surface area contributed by atoms with Crippen LogP contribution in [0.3, 0.4) is 0 Å². The minimum absolute atomic E-state index is 0.159. The molecule has 0 saturated carbocycles. The highest BCUT2D eigenvalue weighted by molar-refractivity contribution is 5.34. The normalized spacial score (nSPS) is 12.5. The van der Waals surface area contributed by atoms with Gasteiger partial charge in [-0.15, -0.1) is 0 Å². The van der Waals surface area contributed by atoms with Gasteiger partial charge in [-0.05, 0) is 30.7 Å². The first-order valence-corrected chi connectivity index (χ1v) is 5.57. The third kappa shape index (κ3) is 2.45. The summed E-state index contributed by atoms with van der Waals surface area (Å²) >= 11 is 0. The Hall–Kier alpha value is -1.92. The van der Waals surface area contributed by atoms with E-state index in [0.29, 0.717) is 0 Å². The van der Waals surface area contributed by atoms with Gasteiger partial charge in [-0.1, -0.05) is 6.07 Å². The monoisotopic (exact) mass is 267 g/mol. The maximum atomic E-state index is 14.0. The summed E-state index contributed by atoms with van der Waals surface area (Å²) in [7, 11) is 0. The first-order valence-electron chi connectivity index (χ1n) is 5.57. The van der Waals surface area contributed by atoms with Gasteiger partial charge in [0.05, 0.1) is 11.7 Å². The number of nitrogens with one attached hydrogen (secondary N) is 1. The number of hydrogen-bond donors (Lipinski definition) is 2. The van der Waals surface area contributed by atoms with Crippen molar-refractivity contribution in [1.29, 1.82) is 0 Å². The van der Waals surface area contributed by atoms with Gasteiger partial charge in [0.25, 0.3) is 0 Å². The number of aryl methyl sites for hydroxylation is 1. The largest absolute Gasteiger partial charge is 0.271 e. The summed E-state index contributed by atoms with van der Waals surface area (Å²) in [6.45, 7) is 1.49. The van der Waals surface area contributed by atoms with E-state index in [9.17, 15) is 13.2 Å². The van der Waals surface area contributed by atoms with Crippen LogP contribution in [0.15, 0.2) is 30.5 Å². The molecule has 0 amide bonds. The molecule has 1 heterocycles. The lowest BCUT2D eigenvalue weighted by atomic mass is 9.99. The zero-order valence-corrected chi connectivity index (χ0v) is 10.1. The predicted molar refractivity (Wildman–Crippen MR) is 64.5 cm³/mol. The number of rotatable bonds is 3. The Morgan fingerprint density at radius 1 is 1.16 bits per heavy atom. The average molecular weight is 267 g/mol. The fourth-order valence-corrected chi connectivity index (χ4v) is 1.85. The summed E-state index contributed by atoms with van der Waals surface area (Å²) in [5, 5.41) is 0. The van der Waals surface area contributed by atoms with Gasteiger partial charge in [-0.2, -0.15) is 0 Å². The molecule has 3 nitrogen and oxygen atoms in total. The highest BCUT2D eigenvalue weighted by atomic mass is 19.1. The Balaban J connectivity index is 2.61. The Labute approximate surface area is 108 Å². The molecule has 100 valence electrons. The summed E-state index contributed by atoms with van der Waals surface area (Å²) in [6.07, 6.45) is 1.33. The van der Waals surface area contributed by atoms with Crippen molar-refractivity contribution in [3.63, 3.8) is 0 Å². The van der Waals surface area contributed by atoms with Crippen molar-refractivity contribution < 1.29 is 13.2 Å². The topological polar surface area (TPSA) is 50.9 Å². The Morgan fingerprint density at radius 3 is 2.53 bits per heavy atom. The zero-order valence-electron chi connectivity index (χ0n) is 10.1. The Morgan fingerprint density at radius 2 is 1.89 bits per heavy atom. The van der Waals surface area contributed by atoms with E-state index in [1.165, 1.54) is 25.3 Å². The third-order valence-corrected chi connectivity index (χ3v) is 2.84. The second-order valence-corrected chi connectivity index (χ2v) is 4.06. The summed E-state index contributed by atoms with van der Waals surface area (Å²) in [6, 6.07) is 3.75. The second-order valence-electron chi connectivity index (χ2n) is 4.06. The van der Waals surface area contributed by atoms with Crippen molar-refractivity contribution >= 4 is 0 Å². The molecule has 0 radical (unpaired) electrons. The van der Waals surface area contributed by atoms with Crippen LogP contribution in [0.5, 0.6) is 0 Å². The number of nitrogens with two attached hydrogens (primary N) is 1. The molecule has 1 atom stereocenters. The fourth-order valence-electron chi connectivity index (χ4n) is 1.85. The van der Waals surface area contributed by atoms with Crippen LogP contribution < -0.4 is 11.3 Å². The molecule has 1 aromatic carbocycles. The van der Waals surface area contributed by atoms with E-state index in [1.54, 1.807) is 0 Å². The van der Waals surface area contributed by atoms with Crippen LogP contribution in [0, 0.1) is 24.4 Å². The summed E-state index contributed by atoms with van der Waals surface area (Å²) in [5.74, 6) is 3.03. The van der Waals surface area contributed by atoms with Gasteiger partial charge in [0, 0.05) is 11.8 Å². The lowest BCUT2D eigenvalue weighted by Crippen LogP contribution is -2.32. The van der Waals surface area contributed by atoms with Gasteiger partial charge in [0.15, 0.2) is 0 Å². The Kier molecular flexibility index (Phi) is 3.82. The van der Waals surface area contributed by atoms with Crippen LogP contribution in [0.25, 0.3) is 0 Å². The van der Waals surface area contributed by atoms with E-state index in [4.69, 9.17) is 5.84 Å². The first-order chi connectivity index (χ1) is 9.06. The van der Waals surface area contributed by atoms with E-state index in [0.717, 1.165) is 12.1 Å². The van der Waals surface area contributed by atoms with Gasteiger partial charge in [0.1, 0.15) is 17.5 Å². The molecule has 1 unspecified atom stereocenters. The van der Waals surface area contributed by atoms with Crippen molar-refractivity contribution in [2.45, 2.75) is 13.0 Å². The third-order valence-electron chi connectivity index (χ3n) is 2.84. The molecule has 1 aromatic heterocycles. The fraction of sp³-hybridized carbons (Fsp3) is 0.154. The molecule has 0 saturated heterocycles. The lowest BCUT2D eigenvalue weighted by molar-refractivity contribution is 0.484. The number of pyridine rings is 1. The van der Waals surface area contributed by atoms with Gasteiger partial charge >= 0.3 is 0 Å². The highest BCUT2D eigenvalue weighted by Crippen LogP contribution is 2.28. The average Bonchev–Trinajstić information content (AvgIpc) is 2.40. The summed E-state index contributed by atoms with van der Waals surface area (Å²) in [5.41, 5.74) is 1.94. The smallest absolute Gasteiger partial charge is 0.146 e. The Bertz CT molecular complexity index is 602. The van der Waals surface area contributed by atoms with Crippen molar-refractivity contribution in [1.82, 2.24) is 10.4 Å². The van der Waals surface area contributed by atoms with Crippen molar-refractivity contribution in [3.05, 3.63) is 64.7 Å². The van der Waals surface area contributed by atoms with Crippen LogP contribution >= 0.6 is 0 Å². The number of benzene rings is 1. The van der Waals surface area contributed by atoms with Crippen molar-refractivity contribution in [3.8, 4) is 0 Å². The van der Waals surface area contributed by atoms with Gasteiger partial charge in [-0.25, -0.2) is 18.6 Å². The molecule has 0 aliphatic rings. The number of nitrogens with zero attached hydrogens (tertiary/aromatic N) is 1. The molecule has 0 aliphatic carbocycles. The highest BCUT2D eigenvalue weighted by Gasteiger charge is 2.25. The van der Waals surface area contributed by atoms with E-state index in [2.05, 4.69) is 10.4 Å². The molecule has 2 aromatic rings. The van der Waals surface area contributed by atoms with Crippen LogP contribution in [0.1, 0.15) is 22.9 Å². The van der Waals surface area contributed by atoms with Crippen LogP contribution in [0.2, 0.25) is 0 Å². The lowest BCUT2D eigenvalue weighted by Gasteiger charge is -2.18. The van der Waals surface area contributed by atoms with Crippen molar-refractivity contribution in [2.24, 2.45) is 5.84 Å². The molecule has 3 N–H and O–H groups in total. The zero-order chi connectivity index (χ0) is 14.0. The van der Waals surface area contributed by atoms with Gasteiger partial charge in [-0.3, -0.25) is 10.8 Å². The van der Waals surface area contributed by atoms with Gasteiger partial charge in [0.2, 0.25) is 0 Å². The maximum absolute atomic E-state index is 14.0. The SMILES string of the molecule is Cc1ccc(F)c(C(NN)c2ncccc2F)c1F. The van der Waals surface area contributed by atoms with E-state index in [1.807, 2.05) is 0 Å². The number of halogens is 3. The molecule has 19 heavy (non-hydrogen) atoms.